The fourth-order valence-corrected chi connectivity index (χ4v) is 5.11. The first-order valence-electron chi connectivity index (χ1n) is 8.51. The second-order valence-electron chi connectivity index (χ2n) is 6.22. The maximum atomic E-state index is 4.79. The number of hydrazone groups is 1. The number of thioether (sulfide) groups is 2. The van der Waals surface area contributed by atoms with E-state index < -0.39 is 0 Å². The largest absolute Gasteiger partial charge is 0.341 e. The minimum Gasteiger partial charge on any atom is -0.341 e. The van der Waals surface area contributed by atoms with Gasteiger partial charge in [0, 0.05) is 25.9 Å². The van der Waals surface area contributed by atoms with Crippen molar-refractivity contribution in [2.24, 2.45) is 5.10 Å². The van der Waals surface area contributed by atoms with Crippen LogP contribution >= 0.6 is 23.5 Å². The molecular formula is C18H21N5S2. The minimum absolute atomic E-state index is 0.844. The summed E-state index contributed by atoms with van der Waals surface area (Å²) >= 11 is 3.45. The monoisotopic (exact) mass is 371 g/mol. The zero-order valence-electron chi connectivity index (χ0n) is 14.5. The second kappa shape index (κ2) is 7.25. The van der Waals surface area contributed by atoms with Gasteiger partial charge in [-0.05, 0) is 25.3 Å². The lowest BCUT2D eigenvalue weighted by atomic mass is 10.2. The first-order chi connectivity index (χ1) is 12.2. The van der Waals surface area contributed by atoms with Crippen LogP contribution in [0.4, 0.5) is 11.8 Å². The average molecular weight is 372 g/mol. The number of aryl methyl sites for hydroxylation is 1. The maximum Gasteiger partial charge on any atom is 0.227 e. The van der Waals surface area contributed by atoms with Crippen LogP contribution in [-0.2, 0) is 5.75 Å². The number of rotatable bonds is 3. The Morgan fingerprint density at radius 1 is 1.12 bits per heavy atom. The van der Waals surface area contributed by atoms with Crippen LogP contribution in [0.15, 0.2) is 40.3 Å². The van der Waals surface area contributed by atoms with Crippen molar-refractivity contribution in [3.8, 4) is 0 Å². The molecule has 5 nitrogen and oxygen atoms in total. The minimum atomic E-state index is 0.844. The highest BCUT2D eigenvalue weighted by molar-refractivity contribution is 8.38. The number of anilines is 2. The molecule has 0 bridgehead atoms. The van der Waals surface area contributed by atoms with E-state index in [0.29, 0.717) is 0 Å². The topological polar surface area (TPSA) is 44.6 Å². The van der Waals surface area contributed by atoms with E-state index in [9.17, 15) is 0 Å². The molecule has 1 aromatic heterocycles. The van der Waals surface area contributed by atoms with Gasteiger partial charge in [0.15, 0.2) is 10.2 Å². The number of benzene rings is 1. The van der Waals surface area contributed by atoms with E-state index in [1.54, 1.807) is 23.5 Å². The first kappa shape index (κ1) is 16.7. The van der Waals surface area contributed by atoms with Gasteiger partial charge in [0.2, 0.25) is 5.95 Å². The van der Waals surface area contributed by atoms with E-state index in [-0.39, 0.29) is 0 Å². The molecule has 0 saturated carbocycles. The number of hydrogen-bond acceptors (Lipinski definition) is 7. The van der Waals surface area contributed by atoms with Crippen molar-refractivity contribution in [3.05, 3.63) is 41.6 Å². The lowest BCUT2D eigenvalue weighted by molar-refractivity contribution is 0.847. The highest BCUT2D eigenvalue weighted by Crippen LogP contribution is 2.40. The van der Waals surface area contributed by atoms with Gasteiger partial charge in [-0.3, -0.25) is 0 Å². The fraction of sp³-hybridized carbons (Fsp3) is 0.389. The molecule has 4 rings (SSSR count). The summed E-state index contributed by atoms with van der Waals surface area (Å²) in [6, 6.07) is 10.5. The molecule has 2 aliphatic heterocycles. The van der Waals surface area contributed by atoms with Gasteiger partial charge in [-0.25, -0.2) is 9.99 Å². The summed E-state index contributed by atoms with van der Waals surface area (Å²) in [5.41, 5.74) is 2.35. The molecule has 3 heterocycles. The lowest BCUT2D eigenvalue weighted by Gasteiger charge is -2.25. The summed E-state index contributed by atoms with van der Waals surface area (Å²) in [6.45, 7) is 4.18. The second-order valence-corrected chi connectivity index (χ2v) is 8.44. The van der Waals surface area contributed by atoms with Crippen LogP contribution in [0.5, 0.6) is 0 Å². The molecule has 0 radical (unpaired) electrons. The molecule has 0 spiro atoms. The summed E-state index contributed by atoms with van der Waals surface area (Å²) in [7, 11) is 1.97. The number of hydrogen-bond donors (Lipinski definition) is 0. The fourth-order valence-electron chi connectivity index (χ4n) is 2.99. The molecule has 130 valence electrons. The van der Waals surface area contributed by atoms with Crippen molar-refractivity contribution in [1.82, 2.24) is 9.97 Å². The van der Waals surface area contributed by atoms with Gasteiger partial charge < -0.3 is 4.90 Å². The smallest absolute Gasteiger partial charge is 0.227 e. The van der Waals surface area contributed by atoms with Gasteiger partial charge in [-0.2, -0.15) is 10.1 Å². The third kappa shape index (κ3) is 3.62. The number of nitrogens with zero attached hydrogens (tertiary/aromatic N) is 5. The summed E-state index contributed by atoms with van der Waals surface area (Å²) < 4.78 is 1.04. The zero-order chi connectivity index (χ0) is 17.2. The van der Waals surface area contributed by atoms with Gasteiger partial charge >= 0.3 is 0 Å². The molecule has 0 amide bonds. The van der Waals surface area contributed by atoms with Gasteiger partial charge in [-0.1, -0.05) is 53.9 Å². The molecule has 0 atom stereocenters. The van der Waals surface area contributed by atoms with E-state index in [1.807, 2.05) is 18.1 Å². The third-order valence-corrected chi connectivity index (χ3v) is 6.68. The molecule has 0 unspecified atom stereocenters. The summed E-state index contributed by atoms with van der Waals surface area (Å²) in [5, 5.41) is 6.61. The van der Waals surface area contributed by atoms with Crippen molar-refractivity contribution in [3.63, 3.8) is 0 Å². The van der Waals surface area contributed by atoms with Crippen LogP contribution in [0, 0.1) is 6.92 Å². The average Bonchev–Trinajstić information content (AvgIpc) is 3.16. The maximum absolute atomic E-state index is 4.79. The van der Waals surface area contributed by atoms with Crippen LogP contribution in [-0.4, -0.2) is 34.5 Å². The highest BCUT2D eigenvalue weighted by Gasteiger charge is 2.25. The summed E-state index contributed by atoms with van der Waals surface area (Å²) in [6.07, 6.45) is 2.45. The first-order valence-corrected chi connectivity index (χ1v) is 10.3. The Kier molecular flexibility index (Phi) is 4.85. The Morgan fingerprint density at radius 2 is 1.88 bits per heavy atom. The molecule has 1 saturated heterocycles. The van der Waals surface area contributed by atoms with Gasteiger partial charge in [-0.15, -0.1) is 0 Å². The van der Waals surface area contributed by atoms with Crippen LogP contribution in [0.3, 0.4) is 0 Å². The molecule has 25 heavy (non-hydrogen) atoms. The Hall–Kier alpha value is -1.73. The molecule has 2 aliphatic rings. The highest BCUT2D eigenvalue weighted by atomic mass is 32.2. The van der Waals surface area contributed by atoms with Crippen molar-refractivity contribution in [2.45, 2.75) is 30.4 Å². The Balaban J connectivity index is 1.53. The number of aromatic nitrogens is 2. The van der Waals surface area contributed by atoms with Crippen LogP contribution in [0.2, 0.25) is 0 Å². The summed E-state index contributed by atoms with van der Waals surface area (Å²) in [5.74, 6) is 2.68. The van der Waals surface area contributed by atoms with Crippen molar-refractivity contribution >= 4 is 39.7 Å². The van der Waals surface area contributed by atoms with Crippen molar-refractivity contribution < 1.29 is 0 Å². The molecular weight excluding hydrogens is 350 g/mol. The van der Waals surface area contributed by atoms with E-state index in [1.165, 1.54) is 18.4 Å². The molecule has 1 aromatic carbocycles. The molecule has 0 N–H and O–H groups in total. The molecule has 1 fully saturated rings. The van der Waals surface area contributed by atoms with Crippen LogP contribution in [0.25, 0.3) is 0 Å². The predicted molar refractivity (Wildman–Crippen MR) is 108 cm³/mol. The zero-order valence-corrected chi connectivity index (χ0v) is 16.1. The van der Waals surface area contributed by atoms with Crippen molar-refractivity contribution in [2.75, 3.05) is 30.0 Å². The lowest BCUT2D eigenvalue weighted by Crippen LogP contribution is -2.24. The van der Waals surface area contributed by atoms with E-state index in [2.05, 4.69) is 36.1 Å². The Labute approximate surface area is 156 Å². The van der Waals surface area contributed by atoms with E-state index >= 15 is 0 Å². The van der Waals surface area contributed by atoms with Gasteiger partial charge in [0.25, 0.3) is 0 Å². The van der Waals surface area contributed by atoms with Crippen LogP contribution in [0.1, 0.15) is 24.1 Å². The Morgan fingerprint density at radius 3 is 2.64 bits per heavy atom. The standard InChI is InChI=1S/C18H21N5S2/c1-13-15-16(20-17(19-13)23-10-6-7-11-23)22(2)21-18(25-15)24-12-14-8-4-3-5-9-14/h3-5,8-9H,6-7,10-12H2,1-2H3. The molecule has 7 heteroatoms. The summed E-state index contributed by atoms with van der Waals surface area (Å²) in [4.78, 5) is 12.9. The SMILES string of the molecule is Cc1nc(N2CCCC2)nc2c1SC(SCc1ccccc1)=NN2C. The Bertz CT molecular complexity index is 788. The quantitative estimate of drug-likeness (QED) is 0.808. The van der Waals surface area contributed by atoms with Crippen LogP contribution < -0.4 is 9.91 Å². The van der Waals surface area contributed by atoms with E-state index in [4.69, 9.17) is 15.1 Å². The van der Waals surface area contributed by atoms with Crippen molar-refractivity contribution in [1.29, 1.82) is 0 Å². The predicted octanol–water partition coefficient (Wildman–Crippen LogP) is 4.13. The van der Waals surface area contributed by atoms with Gasteiger partial charge in [0.1, 0.15) is 0 Å². The third-order valence-electron chi connectivity index (χ3n) is 4.33. The number of fused-ring (bicyclic) bond motifs is 1. The normalized spacial score (nSPS) is 16.8. The van der Waals surface area contributed by atoms with E-state index in [0.717, 1.165) is 45.6 Å². The van der Waals surface area contributed by atoms with Gasteiger partial charge in [0.05, 0.1) is 10.6 Å². The molecule has 0 aliphatic carbocycles. The molecule has 2 aromatic rings.